The Balaban J connectivity index is 2.31. The number of amides is 2. The molecule has 0 bridgehead atoms. The molecule has 0 radical (unpaired) electrons. The van der Waals surface area contributed by atoms with Crippen LogP contribution < -0.4 is 19.9 Å². The number of rotatable bonds is 4. The summed E-state index contributed by atoms with van der Waals surface area (Å²) in [5.41, 5.74) is 0.298. The van der Waals surface area contributed by atoms with E-state index in [1.54, 1.807) is 18.2 Å². The summed E-state index contributed by atoms with van der Waals surface area (Å²) in [5.74, 6) is -0.114. The summed E-state index contributed by atoms with van der Waals surface area (Å²) in [6.07, 6.45) is -1.37. The first-order valence-corrected chi connectivity index (χ1v) is 7.50. The van der Waals surface area contributed by atoms with Crippen LogP contribution in [0.1, 0.15) is 6.92 Å². The highest BCUT2D eigenvalue weighted by Crippen LogP contribution is 2.38. The number of alkyl halides is 3. The van der Waals surface area contributed by atoms with Crippen LogP contribution in [0.4, 0.5) is 5.69 Å². The molecule has 1 aliphatic rings. The van der Waals surface area contributed by atoms with E-state index in [1.807, 2.05) is 0 Å². The third kappa shape index (κ3) is 4.32. The van der Waals surface area contributed by atoms with Crippen LogP contribution >= 0.6 is 34.8 Å². The van der Waals surface area contributed by atoms with E-state index in [0.29, 0.717) is 17.2 Å². The Morgan fingerprint density at radius 3 is 2.70 bits per heavy atom. The molecule has 1 aromatic carbocycles. The largest absolute Gasteiger partial charge is 0.497 e. The third-order valence-electron chi connectivity index (χ3n) is 2.81. The molecule has 0 aliphatic carbocycles. The number of halogens is 3. The van der Waals surface area contributed by atoms with Crippen LogP contribution in [-0.2, 0) is 14.4 Å². The zero-order valence-electron chi connectivity index (χ0n) is 12.1. The number of nitrogens with zero attached hydrogens (tertiary/aromatic N) is 1. The molecule has 0 saturated carbocycles. The maximum Gasteiger partial charge on any atom is 0.288 e. The number of carbonyl (C=O) groups excluding carboxylic acids is 2. The van der Waals surface area contributed by atoms with Crippen LogP contribution in [0.25, 0.3) is 0 Å². The van der Waals surface area contributed by atoms with E-state index in [4.69, 9.17) is 49.1 Å². The molecule has 0 aromatic heterocycles. The number of nitrogens with one attached hydrogen (secondary N) is 1. The van der Waals surface area contributed by atoms with Gasteiger partial charge in [0.1, 0.15) is 17.2 Å². The van der Waals surface area contributed by atoms with Crippen molar-refractivity contribution in [3.63, 3.8) is 0 Å². The second-order valence-corrected chi connectivity index (χ2v) is 6.91. The average Bonchev–Trinajstić information content (AvgIpc) is 2.47. The highest BCUT2D eigenvalue weighted by atomic mass is 35.6. The van der Waals surface area contributed by atoms with Crippen LogP contribution in [0.15, 0.2) is 18.2 Å². The first-order valence-electron chi connectivity index (χ1n) is 6.36. The van der Waals surface area contributed by atoms with Crippen molar-refractivity contribution in [3.05, 3.63) is 18.2 Å². The molecule has 1 unspecified atom stereocenters. The lowest BCUT2D eigenvalue weighted by atomic mass is 10.2. The summed E-state index contributed by atoms with van der Waals surface area (Å²) in [4.78, 5) is 28.7. The van der Waals surface area contributed by atoms with Crippen LogP contribution in [0.3, 0.4) is 0 Å². The van der Waals surface area contributed by atoms with E-state index < -0.39 is 21.8 Å². The zero-order chi connectivity index (χ0) is 17.2. The zero-order valence-corrected chi connectivity index (χ0v) is 14.4. The maximum atomic E-state index is 12.1. The van der Waals surface area contributed by atoms with E-state index in [9.17, 15) is 9.59 Å². The van der Waals surface area contributed by atoms with Crippen molar-refractivity contribution < 1.29 is 23.9 Å². The summed E-state index contributed by atoms with van der Waals surface area (Å²) in [5, 5.41) is 3.24. The van der Waals surface area contributed by atoms with Gasteiger partial charge in [0, 0.05) is 13.0 Å². The maximum absolute atomic E-state index is 12.1. The number of hydrogen-bond donors (Lipinski definition) is 1. The fraction of sp³-hybridized carbons (Fsp3) is 0.385. The van der Waals surface area contributed by atoms with Crippen LogP contribution in [0.2, 0.25) is 0 Å². The molecule has 0 saturated heterocycles. The lowest BCUT2D eigenvalue weighted by molar-refractivity contribution is -0.136. The molecule has 0 spiro atoms. The van der Waals surface area contributed by atoms with Crippen molar-refractivity contribution in [1.82, 2.24) is 5.32 Å². The van der Waals surface area contributed by atoms with E-state index in [0.717, 1.165) is 5.06 Å². The minimum absolute atomic E-state index is 0.271. The highest BCUT2D eigenvalue weighted by Gasteiger charge is 2.39. The Morgan fingerprint density at radius 1 is 1.43 bits per heavy atom. The molecule has 1 heterocycles. The van der Waals surface area contributed by atoms with E-state index in [1.165, 1.54) is 14.0 Å². The summed E-state index contributed by atoms with van der Waals surface area (Å²) in [6, 6.07) is 4.75. The van der Waals surface area contributed by atoms with Crippen molar-refractivity contribution in [2.24, 2.45) is 0 Å². The van der Waals surface area contributed by atoms with Crippen molar-refractivity contribution in [1.29, 1.82) is 0 Å². The quantitative estimate of drug-likeness (QED) is 0.637. The number of carbonyl (C=O) groups is 2. The van der Waals surface area contributed by atoms with E-state index >= 15 is 0 Å². The van der Waals surface area contributed by atoms with Crippen LogP contribution in [0.5, 0.6) is 11.5 Å². The lowest BCUT2D eigenvalue weighted by Crippen LogP contribution is -2.51. The standard InChI is InChI=1S/C13H13Cl3N2O5/c1-7(19)17-12(13(14,15)16)23-18-9-4-3-8(21-2)5-10(9)22-6-11(18)20/h3-5,12H,6H2,1-2H3,(H,17,19). The van der Waals surface area contributed by atoms with Gasteiger partial charge in [-0.15, -0.1) is 0 Å². The van der Waals surface area contributed by atoms with Gasteiger partial charge in [-0.05, 0) is 12.1 Å². The predicted molar refractivity (Wildman–Crippen MR) is 85.0 cm³/mol. The molecular weight excluding hydrogens is 371 g/mol. The molecule has 1 atom stereocenters. The molecule has 10 heteroatoms. The predicted octanol–water partition coefficient (Wildman–Crippen LogP) is 2.18. The van der Waals surface area contributed by atoms with E-state index in [2.05, 4.69) is 5.32 Å². The first kappa shape index (κ1) is 17.9. The smallest absolute Gasteiger partial charge is 0.288 e. The topological polar surface area (TPSA) is 77.1 Å². The summed E-state index contributed by atoms with van der Waals surface area (Å²) in [7, 11) is 1.50. The van der Waals surface area contributed by atoms with Gasteiger partial charge in [0.25, 0.3) is 5.91 Å². The monoisotopic (exact) mass is 382 g/mol. The molecule has 7 nitrogen and oxygen atoms in total. The van der Waals surface area contributed by atoms with Crippen LogP contribution in [0, 0.1) is 0 Å². The number of ether oxygens (including phenoxy) is 2. The Morgan fingerprint density at radius 2 is 2.13 bits per heavy atom. The number of fused-ring (bicyclic) bond motifs is 1. The Bertz CT molecular complexity index is 620. The molecule has 1 aliphatic heterocycles. The molecule has 0 fully saturated rings. The normalized spacial score (nSPS) is 15.5. The van der Waals surface area contributed by atoms with Crippen molar-refractivity contribution in [2.45, 2.75) is 16.9 Å². The van der Waals surface area contributed by atoms with Gasteiger partial charge in [0.15, 0.2) is 6.61 Å². The number of benzene rings is 1. The average molecular weight is 384 g/mol. The summed E-state index contributed by atoms with van der Waals surface area (Å²) >= 11 is 17.4. The number of hydroxylamine groups is 1. The SMILES string of the molecule is COc1ccc2c(c1)OCC(=O)N2OC(NC(C)=O)C(Cl)(Cl)Cl. The fourth-order valence-electron chi connectivity index (χ4n) is 1.81. The van der Waals surface area contributed by atoms with Crippen molar-refractivity contribution in [2.75, 3.05) is 18.8 Å². The fourth-order valence-corrected chi connectivity index (χ4v) is 2.09. The number of anilines is 1. The Hall–Kier alpha value is -1.41. The van der Waals surface area contributed by atoms with Gasteiger partial charge in [0.2, 0.25) is 15.9 Å². The minimum Gasteiger partial charge on any atom is -0.497 e. The minimum atomic E-state index is -1.99. The van der Waals surface area contributed by atoms with Crippen molar-refractivity contribution >= 4 is 52.3 Å². The van der Waals surface area contributed by atoms with Gasteiger partial charge in [-0.2, -0.15) is 5.06 Å². The van der Waals surface area contributed by atoms with Gasteiger partial charge >= 0.3 is 0 Å². The Kier molecular flexibility index (Phi) is 5.46. The van der Waals surface area contributed by atoms with Crippen LogP contribution in [-0.4, -0.2) is 35.6 Å². The molecule has 1 aromatic rings. The first-order chi connectivity index (χ1) is 10.7. The summed E-state index contributed by atoms with van der Waals surface area (Å²) in [6.45, 7) is 0.958. The van der Waals surface area contributed by atoms with Gasteiger partial charge in [0.05, 0.1) is 7.11 Å². The molecule has 1 N–H and O–H groups in total. The molecule has 23 heavy (non-hydrogen) atoms. The second-order valence-electron chi connectivity index (χ2n) is 4.54. The van der Waals surface area contributed by atoms with E-state index in [-0.39, 0.29) is 6.61 Å². The van der Waals surface area contributed by atoms with Gasteiger partial charge in [-0.25, -0.2) is 4.84 Å². The van der Waals surface area contributed by atoms with Gasteiger partial charge in [-0.1, -0.05) is 34.8 Å². The van der Waals surface area contributed by atoms with Gasteiger partial charge in [-0.3, -0.25) is 9.59 Å². The lowest BCUT2D eigenvalue weighted by Gasteiger charge is -2.33. The second kappa shape index (κ2) is 7.00. The molecule has 2 rings (SSSR count). The van der Waals surface area contributed by atoms with Gasteiger partial charge < -0.3 is 14.8 Å². The third-order valence-corrected chi connectivity index (χ3v) is 3.40. The number of hydrogen-bond acceptors (Lipinski definition) is 5. The summed E-state index contributed by atoms with van der Waals surface area (Å²) < 4.78 is 8.42. The molecule has 126 valence electrons. The highest BCUT2D eigenvalue weighted by molar-refractivity contribution is 6.68. The van der Waals surface area contributed by atoms with Crippen molar-refractivity contribution in [3.8, 4) is 11.5 Å². The number of methoxy groups -OCH3 is 1. The Labute approximate surface area is 147 Å². The molecule has 2 amide bonds. The molecular formula is C13H13Cl3N2O5.